The summed E-state index contributed by atoms with van der Waals surface area (Å²) < 4.78 is 0. The summed E-state index contributed by atoms with van der Waals surface area (Å²) in [5.41, 5.74) is 2.58. The molecule has 2 atom stereocenters. The lowest BCUT2D eigenvalue weighted by Crippen LogP contribution is -2.50. The number of aryl methyl sites for hydroxylation is 1. The van der Waals surface area contributed by atoms with Gasteiger partial charge in [0.25, 0.3) is 0 Å². The van der Waals surface area contributed by atoms with Crippen molar-refractivity contribution < 1.29 is 4.79 Å². The molecule has 1 N–H and O–H groups in total. The number of benzene rings is 1. The molecule has 2 unspecified atom stereocenters. The first kappa shape index (κ1) is 13.6. The van der Waals surface area contributed by atoms with Crippen molar-refractivity contribution in [2.45, 2.75) is 32.7 Å². The van der Waals surface area contributed by atoms with Crippen LogP contribution in [0.2, 0.25) is 0 Å². The van der Waals surface area contributed by atoms with Gasteiger partial charge >= 0.3 is 0 Å². The molecule has 1 aromatic carbocycles. The van der Waals surface area contributed by atoms with Crippen molar-refractivity contribution >= 4 is 5.91 Å². The van der Waals surface area contributed by atoms with E-state index >= 15 is 0 Å². The lowest BCUT2D eigenvalue weighted by Gasteiger charge is -2.36. The standard InChI is InChI=1S/C17H24N2O/c1-12-5-3-6-14(9-12)16-7-4-8-19(16)17(20)13(2)15-10-18-11-15/h3,5-6,9,13,15-16,18H,4,7-8,10-11H2,1-2H3. The minimum absolute atomic E-state index is 0.154. The molecule has 20 heavy (non-hydrogen) atoms. The minimum atomic E-state index is 0.154. The molecule has 0 aromatic heterocycles. The van der Waals surface area contributed by atoms with Crippen LogP contribution in [0, 0.1) is 18.8 Å². The van der Waals surface area contributed by atoms with Crippen LogP contribution in [0.3, 0.4) is 0 Å². The predicted octanol–water partition coefficient (Wildman–Crippen LogP) is 2.51. The van der Waals surface area contributed by atoms with Gasteiger partial charge in [0.05, 0.1) is 6.04 Å². The number of carbonyl (C=O) groups excluding carboxylic acids is 1. The fourth-order valence-corrected chi connectivity index (χ4v) is 3.38. The van der Waals surface area contributed by atoms with E-state index in [1.165, 1.54) is 11.1 Å². The molecule has 0 saturated carbocycles. The Labute approximate surface area is 121 Å². The summed E-state index contributed by atoms with van der Waals surface area (Å²) in [5.74, 6) is 1.03. The molecule has 3 rings (SSSR count). The molecule has 2 aliphatic rings. The zero-order valence-corrected chi connectivity index (χ0v) is 12.4. The largest absolute Gasteiger partial charge is 0.335 e. The van der Waals surface area contributed by atoms with Gasteiger partial charge in [0.2, 0.25) is 5.91 Å². The van der Waals surface area contributed by atoms with Crippen molar-refractivity contribution in [3.8, 4) is 0 Å². The molecule has 0 aliphatic carbocycles. The highest BCUT2D eigenvalue weighted by Gasteiger charge is 2.36. The van der Waals surface area contributed by atoms with E-state index < -0.39 is 0 Å². The highest BCUT2D eigenvalue weighted by atomic mass is 16.2. The lowest BCUT2D eigenvalue weighted by molar-refractivity contribution is -0.138. The Kier molecular flexibility index (Phi) is 3.79. The smallest absolute Gasteiger partial charge is 0.226 e. The zero-order chi connectivity index (χ0) is 14.1. The van der Waals surface area contributed by atoms with Gasteiger partial charge in [-0.15, -0.1) is 0 Å². The van der Waals surface area contributed by atoms with Crippen LogP contribution >= 0.6 is 0 Å². The molecular weight excluding hydrogens is 248 g/mol. The van der Waals surface area contributed by atoms with E-state index in [2.05, 4.69) is 48.3 Å². The van der Waals surface area contributed by atoms with Crippen molar-refractivity contribution in [1.29, 1.82) is 0 Å². The van der Waals surface area contributed by atoms with Crippen molar-refractivity contribution in [1.82, 2.24) is 10.2 Å². The van der Waals surface area contributed by atoms with Gasteiger partial charge in [0, 0.05) is 12.5 Å². The quantitative estimate of drug-likeness (QED) is 0.917. The highest BCUT2D eigenvalue weighted by molar-refractivity contribution is 5.79. The number of carbonyl (C=O) groups is 1. The van der Waals surface area contributed by atoms with E-state index in [1.54, 1.807) is 0 Å². The average Bonchev–Trinajstić information content (AvgIpc) is 2.84. The maximum atomic E-state index is 12.7. The van der Waals surface area contributed by atoms with Gasteiger partial charge in [-0.3, -0.25) is 4.79 Å². The van der Waals surface area contributed by atoms with Crippen molar-refractivity contribution in [3.05, 3.63) is 35.4 Å². The van der Waals surface area contributed by atoms with Gasteiger partial charge in [0.15, 0.2) is 0 Å². The van der Waals surface area contributed by atoms with Gasteiger partial charge in [-0.2, -0.15) is 0 Å². The third-order valence-corrected chi connectivity index (χ3v) is 4.87. The number of rotatable bonds is 3. The van der Waals surface area contributed by atoms with E-state index in [-0.39, 0.29) is 12.0 Å². The Bertz CT molecular complexity index is 496. The molecule has 0 bridgehead atoms. The van der Waals surface area contributed by atoms with Crippen molar-refractivity contribution in [2.24, 2.45) is 11.8 Å². The van der Waals surface area contributed by atoms with Gasteiger partial charge < -0.3 is 10.2 Å². The first-order valence-corrected chi connectivity index (χ1v) is 7.74. The van der Waals surface area contributed by atoms with E-state index in [0.717, 1.165) is 32.5 Å². The first-order valence-electron chi connectivity index (χ1n) is 7.74. The Morgan fingerprint density at radius 3 is 2.85 bits per heavy atom. The zero-order valence-electron chi connectivity index (χ0n) is 12.4. The second kappa shape index (κ2) is 5.57. The SMILES string of the molecule is Cc1cccc(C2CCCN2C(=O)C(C)C2CNC2)c1. The van der Waals surface area contributed by atoms with Gasteiger partial charge in [-0.1, -0.05) is 36.8 Å². The van der Waals surface area contributed by atoms with Crippen LogP contribution < -0.4 is 5.32 Å². The second-order valence-corrected chi connectivity index (χ2v) is 6.31. The van der Waals surface area contributed by atoms with Crippen LogP contribution in [0.25, 0.3) is 0 Å². The third kappa shape index (κ3) is 2.47. The molecule has 2 saturated heterocycles. The van der Waals surface area contributed by atoms with E-state index in [4.69, 9.17) is 0 Å². The number of nitrogens with zero attached hydrogens (tertiary/aromatic N) is 1. The molecule has 0 radical (unpaired) electrons. The third-order valence-electron chi connectivity index (χ3n) is 4.87. The number of amides is 1. The van der Waals surface area contributed by atoms with Crippen molar-refractivity contribution in [2.75, 3.05) is 19.6 Å². The number of hydrogen-bond donors (Lipinski definition) is 1. The summed E-state index contributed by atoms with van der Waals surface area (Å²) in [5, 5.41) is 3.27. The summed E-state index contributed by atoms with van der Waals surface area (Å²) in [4.78, 5) is 14.9. The van der Waals surface area contributed by atoms with Gasteiger partial charge in [-0.05, 0) is 44.3 Å². The predicted molar refractivity (Wildman–Crippen MR) is 80.4 cm³/mol. The van der Waals surface area contributed by atoms with Crippen LogP contribution in [0.15, 0.2) is 24.3 Å². The number of nitrogens with one attached hydrogen (secondary N) is 1. The minimum Gasteiger partial charge on any atom is -0.335 e. The summed E-state index contributed by atoms with van der Waals surface area (Å²) in [6.45, 7) is 7.13. The van der Waals surface area contributed by atoms with Gasteiger partial charge in [-0.25, -0.2) is 0 Å². The molecule has 2 heterocycles. The Morgan fingerprint density at radius 2 is 2.20 bits per heavy atom. The summed E-state index contributed by atoms with van der Waals surface area (Å²) in [6.07, 6.45) is 2.23. The molecular formula is C17H24N2O. The molecule has 108 valence electrons. The van der Waals surface area contributed by atoms with E-state index in [9.17, 15) is 4.79 Å². The molecule has 3 nitrogen and oxygen atoms in total. The number of likely N-dealkylation sites (tertiary alicyclic amines) is 1. The monoisotopic (exact) mass is 272 g/mol. The molecule has 3 heteroatoms. The summed E-state index contributed by atoms with van der Waals surface area (Å²) in [7, 11) is 0. The topological polar surface area (TPSA) is 32.3 Å². The second-order valence-electron chi connectivity index (χ2n) is 6.31. The number of hydrogen-bond acceptors (Lipinski definition) is 2. The summed E-state index contributed by atoms with van der Waals surface area (Å²) in [6, 6.07) is 8.90. The van der Waals surface area contributed by atoms with Gasteiger partial charge in [0.1, 0.15) is 0 Å². The van der Waals surface area contributed by atoms with Crippen molar-refractivity contribution in [3.63, 3.8) is 0 Å². The molecule has 2 aliphatic heterocycles. The maximum Gasteiger partial charge on any atom is 0.226 e. The molecule has 2 fully saturated rings. The van der Waals surface area contributed by atoms with E-state index in [1.807, 2.05) is 0 Å². The summed E-state index contributed by atoms with van der Waals surface area (Å²) >= 11 is 0. The normalized spacial score (nSPS) is 24.5. The van der Waals surface area contributed by atoms with Crippen LogP contribution in [0.5, 0.6) is 0 Å². The molecule has 1 amide bonds. The fraction of sp³-hybridized carbons (Fsp3) is 0.588. The Morgan fingerprint density at radius 1 is 1.40 bits per heavy atom. The van der Waals surface area contributed by atoms with Crippen LogP contribution in [0.4, 0.5) is 0 Å². The first-order chi connectivity index (χ1) is 9.66. The Hall–Kier alpha value is -1.35. The lowest BCUT2D eigenvalue weighted by atomic mass is 9.87. The van der Waals surface area contributed by atoms with E-state index in [0.29, 0.717) is 11.8 Å². The molecule has 0 spiro atoms. The highest BCUT2D eigenvalue weighted by Crippen LogP contribution is 2.34. The maximum absolute atomic E-state index is 12.7. The van der Waals surface area contributed by atoms with Crippen LogP contribution in [-0.4, -0.2) is 30.4 Å². The Balaban J connectivity index is 1.76. The van der Waals surface area contributed by atoms with Crippen LogP contribution in [0.1, 0.15) is 36.9 Å². The molecule has 1 aromatic rings. The average molecular weight is 272 g/mol. The van der Waals surface area contributed by atoms with Crippen LogP contribution in [-0.2, 0) is 4.79 Å². The fourth-order valence-electron chi connectivity index (χ4n) is 3.38.